The van der Waals surface area contributed by atoms with E-state index in [1.807, 2.05) is 0 Å². The van der Waals surface area contributed by atoms with E-state index in [2.05, 4.69) is 0 Å². The number of ether oxygens (including phenoxy) is 3. The topological polar surface area (TPSA) is 106 Å². The first-order valence-corrected chi connectivity index (χ1v) is 12.7. The molecule has 3 fully saturated rings. The van der Waals surface area contributed by atoms with Crippen molar-refractivity contribution in [3.8, 4) is 0 Å². The molecule has 1 aromatic rings. The number of aliphatic hydroxyl groups is 1. The summed E-state index contributed by atoms with van der Waals surface area (Å²) in [7, 11) is -3.92. The lowest BCUT2D eigenvalue weighted by Crippen LogP contribution is -2.57. The fourth-order valence-corrected chi connectivity index (χ4v) is 6.49. The Morgan fingerprint density at radius 3 is 2.69 bits per heavy atom. The monoisotopic (exact) mass is 488 g/mol. The average molecular weight is 489 g/mol. The van der Waals surface area contributed by atoms with Crippen molar-refractivity contribution in [3.63, 3.8) is 0 Å². The Labute approximate surface area is 193 Å². The van der Waals surface area contributed by atoms with Gasteiger partial charge in [-0.3, -0.25) is 4.79 Å². The van der Waals surface area contributed by atoms with Crippen LogP contribution in [0.25, 0.3) is 0 Å². The summed E-state index contributed by atoms with van der Waals surface area (Å²) in [4.78, 5) is 14.5. The molecule has 0 aromatic heterocycles. The lowest BCUT2D eigenvalue weighted by atomic mass is 9.96. The number of fused-ring (bicyclic) bond motifs is 1. The van der Waals surface area contributed by atoms with Crippen LogP contribution in [0.1, 0.15) is 19.3 Å². The lowest BCUT2D eigenvalue weighted by molar-refractivity contribution is -0.153. The van der Waals surface area contributed by atoms with Gasteiger partial charge < -0.3 is 24.2 Å². The smallest absolute Gasteiger partial charge is 0.243 e. The lowest BCUT2D eigenvalue weighted by Gasteiger charge is -2.43. The SMILES string of the molecule is O=C(C[C@@H]1CC[C@@H]2[C@H](COC[C@H](O)CN2S(=O)(=O)c2cccc(Cl)c2)O1)N1CCOCC1. The van der Waals surface area contributed by atoms with Crippen LogP contribution in [-0.4, -0.2) is 99.1 Å². The summed E-state index contributed by atoms with van der Waals surface area (Å²) in [6.07, 6.45) is -0.517. The van der Waals surface area contributed by atoms with Gasteiger partial charge in [0.1, 0.15) is 0 Å². The number of aliphatic hydroxyl groups excluding tert-OH is 1. The number of hydrogen-bond donors (Lipinski definition) is 1. The summed E-state index contributed by atoms with van der Waals surface area (Å²) < 4.78 is 45.3. The summed E-state index contributed by atoms with van der Waals surface area (Å²) in [5.41, 5.74) is 0. The maximum Gasteiger partial charge on any atom is 0.243 e. The van der Waals surface area contributed by atoms with E-state index in [1.54, 1.807) is 17.0 Å². The predicted molar refractivity (Wildman–Crippen MR) is 116 cm³/mol. The number of morpholine rings is 1. The summed E-state index contributed by atoms with van der Waals surface area (Å²) in [5.74, 6) is 0.0161. The molecule has 3 aliphatic rings. The number of hydrogen-bond acceptors (Lipinski definition) is 7. The van der Waals surface area contributed by atoms with Gasteiger partial charge in [0.15, 0.2) is 0 Å². The zero-order chi connectivity index (χ0) is 22.7. The van der Waals surface area contributed by atoms with Gasteiger partial charge in [-0.1, -0.05) is 17.7 Å². The van der Waals surface area contributed by atoms with Crippen LogP contribution < -0.4 is 0 Å². The molecule has 0 radical (unpaired) electrons. The van der Waals surface area contributed by atoms with Crippen molar-refractivity contribution in [2.75, 3.05) is 46.1 Å². The van der Waals surface area contributed by atoms with Gasteiger partial charge >= 0.3 is 0 Å². The summed E-state index contributed by atoms with van der Waals surface area (Å²) in [5, 5.41) is 10.6. The van der Waals surface area contributed by atoms with Gasteiger partial charge in [-0.25, -0.2) is 8.42 Å². The molecule has 3 heterocycles. The Morgan fingerprint density at radius 1 is 1.16 bits per heavy atom. The number of amides is 1. The maximum atomic E-state index is 13.5. The third-order valence-electron chi connectivity index (χ3n) is 6.10. The Kier molecular flexibility index (Phi) is 7.71. The number of carbonyl (C=O) groups is 1. The molecule has 4 atom stereocenters. The minimum Gasteiger partial charge on any atom is -0.389 e. The molecular weight excluding hydrogens is 460 g/mol. The van der Waals surface area contributed by atoms with Crippen LogP contribution in [0.3, 0.4) is 0 Å². The van der Waals surface area contributed by atoms with Crippen molar-refractivity contribution >= 4 is 27.5 Å². The van der Waals surface area contributed by atoms with E-state index in [-0.39, 0.29) is 43.1 Å². The van der Waals surface area contributed by atoms with Crippen molar-refractivity contribution in [1.29, 1.82) is 0 Å². The number of carbonyl (C=O) groups excluding carboxylic acids is 1. The van der Waals surface area contributed by atoms with Crippen LogP contribution in [0.2, 0.25) is 5.02 Å². The standard InChI is InChI=1S/C21H29ClN2O7S/c22-15-2-1-3-18(10-15)32(27,28)24-12-16(25)13-30-14-20-19(24)5-4-17(31-20)11-21(26)23-6-8-29-9-7-23/h1-3,10,16-17,19-20,25H,4-9,11-14H2/t16-,17+,19-,20+/m1/s1. The first kappa shape index (κ1) is 23.9. The number of rotatable bonds is 4. The van der Waals surface area contributed by atoms with Crippen LogP contribution in [0, 0.1) is 0 Å². The van der Waals surface area contributed by atoms with Gasteiger partial charge in [-0.05, 0) is 31.0 Å². The highest BCUT2D eigenvalue weighted by molar-refractivity contribution is 7.89. The highest BCUT2D eigenvalue weighted by Gasteiger charge is 2.43. The first-order chi connectivity index (χ1) is 15.3. The van der Waals surface area contributed by atoms with E-state index in [9.17, 15) is 18.3 Å². The molecule has 0 bridgehead atoms. The minimum atomic E-state index is -3.92. The van der Waals surface area contributed by atoms with Crippen molar-refractivity contribution in [3.05, 3.63) is 29.3 Å². The number of sulfonamides is 1. The Bertz CT molecular complexity index is 909. The van der Waals surface area contributed by atoms with Crippen molar-refractivity contribution < 1.29 is 32.5 Å². The normalized spacial score (nSPS) is 30.2. The van der Waals surface area contributed by atoms with Gasteiger partial charge in [0, 0.05) is 24.7 Å². The quantitative estimate of drug-likeness (QED) is 0.670. The fraction of sp³-hybridized carbons (Fsp3) is 0.667. The van der Waals surface area contributed by atoms with Crippen LogP contribution in [0.15, 0.2) is 29.2 Å². The van der Waals surface area contributed by atoms with Crippen molar-refractivity contribution in [2.24, 2.45) is 0 Å². The van der Waals surface area contributed by atoms with E-state index in [1.165, 1.54) is 16.4 Å². The number of benzene rings is 1. The van der Waals surface area contributed by atoms with Crippen LogP contribution >= 0.6 is 11.6 Å². The van der Waals surface area contributed by atoms with E-state index < -0.39 is 28.3 Å². The highest BCUT2D eigenvalue weighted by Crippen LogP contribution is 2.32. The maximum absolute atomic E-state index is 13.5. The molecule has 1 aromatic carbocycles. The van der Waals surface area contributed by atoms with E-state index in [0.717, 1.165) is 0 Å². The molecule has 11 heteroatoms. The molecule has 3 saturated heterocycles. The van der Waals surface area contributed by atoms with Gasteiger partial charge in [0.05, 0.1) is 62.1 Å². The second kappa shape index (κ2) is 10.3. The van der Waals surface area contributed by atoms with Gasteiger partial charge in [0.2, 0.25) is 15.9 Å². The first-order valence-electron chi connectivity index (χ1n) is 10.9. The second-order valence-corrected chi connectivity index (χ2v) is 10.7. The van der Waals surface area contributed by atoms with Gasteiger partial charge in [-0.15, -0.1) is 0 Å². The predicted octanol–water partition coefficient (Wildman–Crippen LogP) is 0.887. The molecule has 32 heavy (non-hydrogen) atoms. The Morgan fingerprint density at radius 2 is 1.94 bits per heavy atom. The highest BCUT2D eigenvalue weighted by atomic mass is 35.5. The molecule has 0 unspecified atom stereocenters. The molecule has 1 N–H and O–H groups in total. The number of halogens is 1. The summed E-state index contributed by atoms with van der Waals surface area (Å²) in [6.45, 7) is 2.27. The van der Waals surface area contributed by atoms with Gasteiger partial charge in [-0.2, -0.15) is 4.31 Å². The number of nitrogens with zero attached hydrogens (tertiary/aromatic N) is 2. The summed E-state index contributed by atoms with van der Waals surface area (Å²) in [6, 6.07) is 5.58. The third-order valence-corrected chi connectivity index (χ3v) is 8.22. The third kappa shape index (κ3) is 5.44. The molecule has 9 nitrogen and oxygen atoms in total. The van der Waals surface area contributed by atoms with Gasteiger partial charge in [0.25, 0.3) is 0 Å². The largest absolute Gasteiger partial charge is 0.389 e. The zero-order valence-electron chi connectivity index (χ0n) is 17.8. The zero-order valence-corrected chi connectivity index (χ0v) is 19.3. The van der Waals surface area contributed by atoms with Crippen molar-refractivity contribution in [1.82, 2.24) is 9.21 Å². The molecule has 178 valence electrons. The number of β-amino-alcohol motifs (C(OH)–C–C–N with tert-alkyl or cyclic N) is 1. The van der Waals surface area contributed by atoms with E-state index in [4.69, 9.17) is 25.8 Å². The van der Waals surface area contributed by atoms with Crippen LogP contribution in [0.5, 0.6) is 0 Å². The van der Waals surface area contributed by atoms with E-state index >= 15 is 0 Å². The average Bonchev–Trinajstić information content (AvgIpc) is 2.77. The molecule has 4 rings (SSSR count). The van der Waals surface area contributed by atoms with Crippen LogP contribution in [0.4, 0.5) is 0 Å². The molecule has 0 aliphatic carbocycles. The minimum absolute atomic E-state index is 0.00548. The molecule has 3 aliphatic heterocycles. The molecular formula is C21H29ClN2O7S. The van der Waals surface area contributed by atoms with E-state index in [0.29, 0.717) is 44.2 Å². The Balaban J connectivity index is 1.50. The fourth-order valence-electron chi connectivity index (χ4n) is 4.47. The second-order valence-electron chi connectivity index (χ2n) is 8.36. The summed E-state index contributed by atoms with van der Waals surface area (Å²) >= 11 is 6.03. The van der Waals surface area contributed by atoms with Crippen molar-refractivity contribution in [2.45, 2.75) is 48.5 Å². The molecule has 0 spiro atoms. The molecule has 0 saturated carbocycles. The van der Waals surface area contributed by atoms with Crippen LogP contribution in [-0.2, 0) is 29.0 Å². The Hall–Kier alpha value is -1.27. The molecule has 1 amide bonds.